The fourth-order valence-electron chi connectivity index (χ4n) is 2.37. The van der Waals surface area contributed by atoms with Crippen molar-refractivity contribution in [3.8, 4) is 0 Å². The predicted molar refractivity (Wildman–Crippen MR) is 87.6 cm³/mol. The van der Waals surface area contributed by atoms with Crippen molar-refractivity contribution in [2.75, 3.05) is 27.2 Å². The third-order valence-corrected chi connectivity index (χ3v) is 3.46. The van der Waals surface area contributed by atoms with E-state index in [1.54, 1.807) is 11.9 Å². The molecule has 0 aliphatic rings. The van der Waals surface area contributed by atoms with Gasteiger partial charge in [0.1, 0.15) is 5.60 Å². The number of aliphatic hydroxyl groups is 2. The average molecular weight is 318 g/mol. The summed E-state index contributed by atoms with van der Waals surface area (Å²) in [5, 5.41) is 18.8. The first kappa shape index (κ1) is 21.1. The first-order valence-corrected chi connectivity index (χ1v) is 7.96. The minimum absolute atomic E-state index is 0.162. The van der Waals surface area contributed by atoms with E-state index in [9.17, 15) is 15.0 Å². The smallest absolute Gasteiger partial charge is 0.410 e. The molecule has 0 aromatic heterocycles. The number of unbranched alkanes of at least 4 members (excludes halogenated alkanes) is 1. The van der Waals surface area contributed by atoms with E-state index in [0.29, 0.717) is 6.54 Å². The summed E-state index contributed by atoms with van der Waals surface area (Å²) in [7, 11) is 3.62. The van der Waals surface area contributed by atoms with Gasteiger partial charge in [-0.1, -0.05) is 13.8 Å². The van der Waals surface area contributed by atoms with Gasteiger partial charge in [-0.25, -0.2) is 4.79 Å². The van der Waals surface area contributed by atoms with E-state index < -0.39 is 11.9 Å². The van der Waals surface area contributed by atoms with Crippen molar-refractivity contribution in [1.82, 2.24) is 9.80 Å². The summed E-state index contributed by atoms with van der Waals surface area (Å²) in [6, 6.07) is -0.274. The molecule has 2 N–H and O–H groups in total. The highest BCUT2D eigenvalue weighted by molar-refractivity contribution is 5.67. The van der Waals surface area contributed by atoms with Crippen molar-refractivity contribution in [2.45, 2.75) is 65.4 Å². The second-order valence-corrected chi connectivity index (χ2v) is 7.24. The zero-order valence-electron chi connectivity index (χ0n) is 15.2. The second-order valence-electron chi connectivity index (χ2n) is 7.24. The average Bonchev–Trinajstić information content (AvgIpc) is 2.31. The van der Waals surface area contributed by atoms with Gasteiger partial charge in [0.15, 0.2) is 6.29 Å². The van der Waals surface area contributed by atoms with Crippen LogP contribution in [-0.2, 0) is 4.74 Å². The number of hydrogen-bond donors (Lipinski definition) is 2. The summed E-state index contributed by atoms with van der Waals surface area (Å²) in [6.45, 7) is 10.9. The standard InChI is InChI=1S/C16H34N2O4/c1-12(2)13(14(19)20)17(6)10-8-9-11-18(7)15(21)22-16(3,4)5/h12-14,19-20H,8-11H2,1-7H3. The van der Waals surface area contributed by atoms with Crippen LogP contribution >= 0.6 is 0 Å². The Morgan fingerprint density at radius 2 is 1.59 bits per heavy atom. The van der Waals surface area contributed by atoms with Crippen LogP contribution in [0.5, 0.6) is 0 Å². The highest BCUT2D eigenvalue weighted by Gasteiger charge is 2.25. The van der Waals surface area contributed by atoms with Crippen molar-refractivity contribution in [3.63, 3.8) is 0 Å². The molecular weight excluding hydrogens is 284 g/mol. The molecule has 0 saturated heterocycles. The van der Waals surface area contributed by atoms with E-state index in [1.807, 2.05) is 46.6 Å². The van der Waals surface area contributed by atoms with Crippen LogP contribution in [-0.4, -0.2) is 71.2 Å². The summed E-state index contributed by atoms with van der Waals surface area (Å²) >= 11 is 0. The fourth-order valence-corrected chi connectivity index (χ4v) is 2.37. The molecule has 0 radical (unpaired) electrons. The zero-order valence-corrected chi connectivity index (χ0v) is 15.2. The lowest BCUT2D eigenvalue weighted by Gasteiger charge is -2.32. The third kappa shape index (κ3) is 8.56. The number of carbonyl (C=O) groups excluding carboxylic acids is 1. The highest BCUT2D eigenvalue weighted by atomic mass is 16.6. The number of likely N-dealkylation sites (N-methyl/N-ethyl adjacent to an activating group) is 1. The summed E-state index contributed by atoms with van der Waals surface area (Å²) in [4.78, 5) is 15.3. The molecule has 0 fully saturated rings. The number of hydrogen-bond acceptors (Lipinski definition) is 5. The first-order valence-electron chi connectivity index (χ1n) is 7.96. The molecule has 22 heavy (non-hydrogen) atoms. The zero-order chi connectivity index (χ0) is 17.5. The van der Waals surface area contributed by atoms with Crippen LogP contribution in [0.2, 0.25) is 0 Å². The number of amides is 1. The van der Waals surface area contributed by atoms with Gasteiger partial charge in [0.2, 0.25) is 0 Å². The molecule has 1 atom stereocenters. The Hall–Kier alpha value is -0.850. The third-order valence-electron chi connectivity index (χ3n) is 3.46. The van der Waals surface area contributed by atoms with Gasteiger partial charge in [0, 0.05) is 13.6 Å². The van der Waals surface area contributed by atoms with Crippen molar-refractivity contribution in [1.29, 1.82) is 0 Å². The maximum Gasteiger partial charge on any atom is 0.410 e. The van der Waals surface area contributed by atoms with E-state index in [4.69, 9.17) is 4.74 Å². The fraction of sp³-hybridized carbons (Fsp3) is 0.938. The maximum atomic E-state index is 11.8. The maximum absolute atomic E-state index is 11.8. The summed E-state index contributed by atoms with van der Waals surface area (Å²) in [6.07, 6.45) is 0.0626. The SMILES string of the molecule is CC(C)C(C(O)O)N(C)CCCCN(C)C(=O)OC(C)(C)C. The van der Waals surface area contributed by atoms with Gasteiger partial charge in [-0.05, 0) is 53.1 Å². The van der Waals surface area contributed by atoms with E-state index in [-0.39, 0.29) is 18.1 Å². The van der Waals surface area contributed by atoms with Crippen LogP contribution < -0.4 is 0 Å². The molecule has 0 bridgehead atoms. The van der Waals surface area contributed by atoms with Gasteiger partial charge >= 0.3 is 6.09 Å². The van der Waals surface area contributed by atoms with Crippen molar-refractivity contribution in [3.05, 3.63) is 0 Å². The van der Waals surface area contributed by atoms with Crippen LogP contribution in [0.15, 0.2) is 0 Å². The lowest BCUT2D eigenvalue weighted by atomic mass is 10.0. The quantitative estimate of drug-likeness (QED) is 0.528. The Morgan fingerprint density at radius 3 is 2.00 bits per heavy atom. The molecule has 1 unspecified atom stereocenters. The number of ether oxygens (including phenoxy) is 1. The Morgan fingerprint density at radius 1 is 1.09 bits per heavy atom. The summed E-state index contributed by atoms with van der Waals surface area (Å²) in [5.74, 6) is 0.162. The van der Waals surface area contributed by atoms with Crippen LogP contribution in [0.1, 0.15) is 47.5 Å². The molecular formula is C16H34N2O4. The molecule has 6 heteroatoms. The lowest BCUT2D eigenvalue weighted by Crippen LogP contribution is -2.45. The molecule has 0 rings (SSSR count). The van der Waals surface area contributed by atoms with Crippen LogP contribution in [0.25, 0.3) is 0 Å². The molecule has 6 nitrogen and oxygen atoms in total. The number of aliphatic hydroxyl groups excluding tert-OH is 1. The predicted octanol–water partition coefficient (Wildman–Crippen LogP) is 1.90. The van der Waals surface area contributed by atoms with Gasteiger partial charge < -0.3 is 19.8 Å². The Bertz CT molecular complexity index is 319. The van der Waals surface area contributed by atoms with Crippen molar-refractivity contribution in [2.24, 2.45) is 5.92 Å². The first-order chi connectivity index (χ1) is 9.95. The molecule has 132 valence electrons. The molecule has 0 saturated carbocycles. The molecule has 1 amide bonds. The van der Waals surface area contributed by atoms with Crippen molar-refractivity contribution < 1.29 is 19.7 Å². The topological polar surface area (TPSA) is 73.2 Å². The Kier molecular flexibility index (Phi) is 8.96. The van der Waals surface area contributed by atoms with Crippen molar-refractivity contribution >= 4 is 6.09 Å². The molecule has 0 aromatic rings. The molecule has 0 aliphatic heterocycles. The van der Waals surface area contributed by atoms with Gasteiger partial charge in [-0.3, -0.25) is 4.90 Å². The minimum atomic E-state index is -1.34. The van der Waals surface area contributed by atoms with Gasteiger partial charge in [-0.15, -0.1) is 0 Å². The molecule has 0 spiro atoms. The van der Waals surface area contributed by atoms with E-state index in [2.05, 4.69) is 0 Å². The van der Waals surface area contributed by atoms with Gasteiger partial charge in [0.05, 0.1) is 6.04 Å². The monoisotopic (exact) mass is 318 g/mol. The summed E-state index contributed by atoms with van der Waals surface area (Å²) in [5.41, 5.74) is -0.479. The molecule has 0 aliphatic carbocycles. The highest BCUT2D eigenvalue weighted by Crippen LogP contribution is 2.13. The summed E-state index contributed by atoms with van der Waals surface area (Å²) < 4.78 is 5.29. The van der Waals surface area contributed by atoms with Crippen LogP contribution in [0.3, 0.4) is 0 Å². The van der Waals surface area contributed by atoms with Gasteiger partial charge in [-0.2, -0.15) is 0 Å². The van der Waals surface area contributed by atoms with E-state index in [0.717, 1.165) is 19.4 Å². The van der Waals surface area contributed by atoms with Crippen LogP contribution in [0.4, 0.5) is 4.79 Å². The number of nitrogens with zero attached hydrogens (tertiary/aromatic N) is 2. The van der Waals surface area contributed by atoms with Gasteiger partial charge in [0.25, 0.3) is 0 Å². The second kappa shape index (κ2) is 9.33. The molecule has 0 aromatic carbocycles. The lowest BCUT2D eigenvalue weighted by molar-refractivity contribution is -0.108. The normalized spacial score (nSPS) is 13.8. The molecule has 0 heterocycles. The number of carbonyl (C=O) groups is 1. The Labute approximate surface area is 135 Å². The Balaban J connectivity index is 4.09. The minimum Gasteiger partial charge on any atom is -0.444 e. The largest absolute Gasteiger partial charge is 0.444 e. The number of rotatable bonds is 8. The van der Waals surface area contributed by atoms with Crippen LogP contribution in [0, 0.1) is 5.92 Å². The van der Waals surface area contributed by atoms with E-state index in [1.165, 1.54) is 0 Å². The van der Waals surface area contributed by atoms with E-state index >= 15 is 0 Å².